The van der Waals surface area contributed by atoms with E-state index in [4.69, 9.17) is 0 Å². The number of urea groups is 1. The van der Waals surface area contributed by atoms with E-state index in [1.807, 2.05) is 0 Å². The average Bonchev–Trinajstić information content (AvgIpc) is 2.55. The summed E-state index contributed by atoms with van der Waals surface area (Å²) < 4.78 is 24.7. The summed E-state index contributed by atoms with van der Waals surface area (Å²) >= 11 is 0. The van der Waals surface area contributed by atoms with Crippen molar-refractivity contribution >= 4 is 21.8 Å². The van der Waals surface area contributed by atoms with Crippen molar-refractivity contribution in [2.75, 3.05) is 0 Å². The van der Waals surface area contributed by atoms with Crippen LogP contribution in [0.25, 0.3) is 0 Å². The monoisotopic (exact) mass is 338 g/mol. The van der Waals surface area contributed by atoms with Gasteiger partial charge in [0.1, 0.15) is 5.25 Å². The minimum atomic E-state index is -3.81. The third-order valence-corrected chi connectivity index (χ3v) is 6.16. The number of carbonyl (C=O) groups excluding carboxylic acids is 2. The number of hydrogen-bond acceptors (Lipinski definition) is 4. The van der Waals surface area contributed by atoms with Gasteiger partial charge in [0.25, 0.3) is 0 Å². The largest absolute Gasteiger partial charge is 0.335 e. The summed E-state index contributed by atoms with van der Waals surface area (Å²) in [4.78, 5) is 24.0. The summed E-state index contributed by atoms with van der Waals surface area (Å²) in [5.74, 6) is -0.817. The van der Waals surface area contributed by atoms with Crippen molar-refractivity contribution in [3.8, 4) is 0 Å². The molecular weight excluding hydrogens is 316 g/mol. The van der Waals surface area contributed by atoms with E-state index < -0.39 is 27.0 Å². The van der Waals surface area contributed by atoms with Crippen LogP contribution in [0.1, 0.15) is 39.0 Å². The molecule has 1 unspecified atom stereocenters. The summed E-state index contributed by atoms with van der Waals surface area (Å²) in [5, 5.41) is 3.53. The maximum atomic E-state index is 12.4. The van der Waals surface area contributed by atoms with Gasteiger partial charge in [-0.2, -0.15) is 0 Å². The standard InChI is InChI=1S/C16H22N2O4S/c1-12(23(21,22)14-10-6-3-7-11-14)15(19)18-16(20)17-13-8-4-2-5-9-13/h3,6-7,10-13H,2,4-5,8-9H2,1H3,(H2,17,18,19,20). The van der Waals surface area contributed by atoms with Crippen molar-refractivity contribution in [2.45, 2.75) is 55.2 Å². The molecule has 1 aliphatic rings. The summed E-state index contributed by atoms with van der Waals surface area (Å²) in [5.41, 5.74) is 0. The molecule has 0 saturated heterocycles. The topological polar surface area (TPSA) is 92.3 Å². The van der Waals surface area contributed by atoms with Gasteiger partial charge in [-0.25, -0.2) is 13.2 Å². The lowest BCUT2D eigenvalue weighted by Gasteiger charge is -2.23. The van der Waals surface area contributed by atoms with Crippen LogP contribution in [0, 0.1) is 0 Å². The van der Waals surface area contributed by atoms with Crippen LogP contribution in [-0.2, 0) is 14.6 Å². The van der Waals surface area contributed by atoms with Crippen molar-refractivity contribution in [1.82, 2.24) is 10.6 Å². The number of sulfone groups is 1. The first-order chi connectivity index (χ1) is 10.9. The van der Waals surface area contributed by atoms with Crippen LogP contribution in [0.15, 0.2) is 35.2 Å². The smallest absolute Gasteiger partial charge is 0.321 e. The second-order valence-electron chi connectivity index (χ2n) is 5.80. The average molecular weight is 338 g/mol. The Kier molecular flexibility index (Phi) is 5.76. The Morgan fingerprint density at radius 3 is 2.30 bits per heavy atom. The molecule has 2 N–H and O–H groups in total. The van der Waals surface area contributed by atoms with E-state index in [9.17, 15) is 18.0 Å². The van der Waals surface area contributed by atoms with Crippen LogP contribution in [0.3, 0.4) is 0 Å². The summed E-state index contributed by atoms with van der Waals surface area (Å²) in [6.07, 6.45) is 5.04. The predicted octanol–water partition coefficient (Wildman–Crippen LogP) is 2.01. The first-order valence-electron chi connectivity index (χ1n) is 7.81. The van der Waals surface area contributed by atoms with Crippen LogP contribution in [0.2, 0.25) is 0 Å². The molecule has 1 aromatic carbocycles. The van der Waals surface area contributed by atoms with E-state index in [-0.39, 0.29) is 10.9 Å². The lowest BCUT2D eigenvalue weighted by Crippen LogP contribution is -2.49. The third kappa shape index (κ3) is 4.54. The Balaban J connectivity index is 1.95. The van der Waals surface area contributed by atoms with Crippen LogP contribution in [0.5, 0.6) is 0 Å². The molecule has 126 valence electrons. The zero-order valence-electron chi connectivity index (χ0n) is 13.1. The van der Waals surface area contributed by atoms with Gasteiger partial charge >= 0.3 is 6.03 Å². The van der Waals surface area contributed by atoms with Crippen molar-refractivity contribution < 1.29 is 18.0 Å². The molecule has 0 heterocycles. The van der Waals surface area contributed by atoms with Gasteiger partial charge in [-0.3, -0.25) is 10.1 Å². The first kappa shape index (κ1) is 17.5. The van der Waals surface area contributed by atoms with Gasteiger partial charge in [-0.1, -0.05) is 37.5 Å². The highest BCUT2D eigenvalue weighted by Gasteiger charge is 2.31. The van der Waals surface area contributed by atoms with Crippen LogP contribution < -0.4 is 10.6 Å². The van der Waals surface area contributed by atoms with Crippen LogP contribution in [0.4, 0.5) is 4.79 Å². The molecule has 6 nitrogen and oxygen atoms in total. The molecule has 1 atom stereocenters. The molecule has 3 amide bonds. The number of nitrogens with one attached hydrogen (secondary N) is 2. The molecule has 0 spiro atoms. The van der Waals surface area contributed by atoms with Crippen molar-refractivity contribution in [3.05, 3.63) is 30.3 Å². The van der Waals surface area contributed by atoms with E-state index in [2.05, 4.69) is 10.6 Å². The quantitative estimate of drug-likeness (QED) is 0.878. The fraction of sp³-hybridized carbons (Fsp3) is 0.500. The Labute approximate surface area is 136 Å². The van der Waals surface area contributed by atoms with Crippen molar-refractivity contribution in [2.24, 2.45) is 0 Å². The van der Waals surface area contributed by atoms with Gasteiger partial charge in [0.2, 0.25) is 5.91 Å². The summed E-state index contributed by atoms with van der Waals surface area (Å²) in [7, 11) is -3.81. The molecule has 1 fully saturated rings. The lowest BCUT2D eigenvalue weighted by atomic mass is 9.96. The molecule has 23 heavy (non-hydrogen) atoms. The molecule has 7 heteroatoms. The normalized spacial score (nSPS) is 17.3. The number of hydrogen-bond donors (Lipinski definition) is 2. The molecule has 1 aliphatic carbocycles. The highest BCUT2D eigenvalue weighted by atomic mass is 32.2. The molecule has 0 bridgehead atoms. The van der Waals surface area contributed by atoms with Gasteiger partial charge in [0.15, 0.2) is 9.84 Å². The maximum absolute atomic E-state index is 12.4. The second kappa shape index (κ2) is 7.59. The molecule has 1 saturated carbocycles. The third-order valence-electron chi connectivity index (χ3n) is 4.08. The van der Waals surface area contributed by atoms with Crippen LogP contribution >= 0.6 is 0 Å². The minimum Gasteiger partial charge on any atom is -0.335 e. The number of rotatable bonds is 4. The van der Waals surface area contributed by atoms with Gasteiger partial charge < -0.3 is 5.32 Å². The molecular formula is C16H22N2O4S. The number of amides is 3. The number of benzene rings is 1. The van der Waals surface area contributed by atoms with E-state index in [1.54, 1.807) is 18.2 Å². The summed E-state index contributed by atoms with van der Waals surface area (Å²) in [6.45, 7) is 1.28. The molecule has 1 aromatic rings. The zero-order valence-corrected chi connectivity index (χ0v) is 13.9. The van der Waals surface area contributed by atoms with E-state index in [1.165, 1.54) is 19.1 Å². The van der Waals surface area contributed by atoms with E-state index >= 15 is 0 Å². The predicted molar refractivity (Wildman–Crippen MR) is 86.6 cm³/mol. The van der Waals surface area contributed by atoms with Gasteiger partial charge in [0.05, 0.1) is 4.90 Å². The van der Waals surface area contributed by atoms with Crippen molar-refractivity contribution in [3.63, 3.8) is 0 Å². The fourth-order valence-electron chi connectivity index (χ4n) is 2.64. The highest BCUT2D eigenvalue weighted by molar-refractivity contribution is 7.92. The lowest BCUT2D eigenvalue weighted by molar-refractivity contribution is -0.119. The Morgan fingerprint density at radius 2 is 1.70 bits per heavy atom. The van der Waals surface area contributed by atoms with E-state index in [0.29, 0.717) is 0 Å². The molecule has 0 aromatic heterocycles. The summed E-state index contributed by atoms with van der Waals surface area (Å²) in [6, 6.07) is 7.17. The zero-order chi connectivity index (χ0) is 16.9. The number of imide groups is 1. The minimum absolute atomic E-state index is 0.0533. The molecule has 0 aliphatic heterocycles. The highest BCUT2D eigenvalue weighted by Crippen LogP contribution is 2.17. The fourth-order valence-corrected chi connectivity index (χ4v) is 3.92. The van der Waals surface area contributed by atoms with Gasteiger partial charge in [-0.15, -0.1) is 0 Å². The first-order valence-corrected chi connectivity index (χ1v) is 9.36. The SMILES string of the molecule is CC(C(=O)NC(=O)NC1CCCCC1)S(=O)(=O)c1ccccc1. The van der Waals surface area contributed by atoms with Crippen LogP contribution in [-0.4, -0.2) is 31.6 Å². The maximum Gasteiger partial charge on any atom is 0.321 e. The van der Waals surface area contributed by atoms with Gasteiger partial charge in [0, 0.05) is 6.04 Å². The second-order valence-corrected chi connectivity index (χ2v) is 8.07. The number of carbonyl (C=O) groups is 2. The van der Waals surface area contributed by atoms with Crippen molar-refractivity contribution in [1.29, 1.82) is 0 Å². The van der Waals surface area contributed by atoms with Gasteiger partial charge in [-0.05, 0) is 31.9 Å². The molecule has 2 rings (SSSR count). The molecule has 0 radical (unpaired) electrons. The Morgan fingerprint density at radius 1 is 1.09 bits per heavy atom. The Bertz CT molecular complexity index is 652. The Hall–Kier alpha value is -1.89. The van der Waals surface area contributed by atoms with E-state index in [0.717, 1.165) is 32.1 Å².